The third-order valence-corrected chi connectivity index (χ3v) is 5.80. The first kappa shape index (κ1) is 20.5. The molecule has 30 heavy (non-hydrogen) atoms. The van der Waals surface area contributed by atoms with Gasteiger partial charge in [-0.15, -0.1) is 10.2 Å². The minimum absolute atomic E-state index is 0.259. The highest BCUT2D eigenvalue weighted by Gasteiger charge is 2.34. The zero-order chi connectivity index (χ0) is 21.3. The molecule has 1 aromatic heterocycles. The maximum Gasteiger partial charge on any atom is 0.418 e. The molecule has 1 unspecified atom stereocenters. The summed E-state index contributed by atoms with van der Waals surface area (Å²) in [5.41, 5.74) is -0.244. The molecular formula is C21H19F3N4OS. The fourth-order valence-electron chi connectivity index (χ4n) is 3.07. The van der Waals surface area contributed by atoms with Crippen LogP contribution in [0.25, 0.3) is 5.69 Å². The van der Waals surface area contributed by atoms with Crippen LogP contribution in [-0.4, -0.2) is 25.9 Å². The van der Waals surface area contributed by atoms with Gasteiger partial charge >= 0.3 is 6.18 Å². The Morgan fingerprint density at radius 3 is 2.43 bits per heavy atom. The Morgan fingerprint density at radius 2 is 1.77 bits per heavy atom. The van der Waals surface area contributed by atoms with Gasteiger partial charge in [-0.2, -0.15) is 13.2 Å². The molecule has 4 rings (SSSR count). The number of nitrogens with one attached hydrogen (secondary N) is 1. The van der Waals surface area contributed by atoms with Crippen LogP contribution in [0.5, 0.6) is 0 Å². The van der Waals surface area contributed by atoms with E-state index in [0.29, 0.717) is 11.1 Å². The van der Waals surface area contributed by atoms with Gasteiger partial charge in [0.25, 0.3) is 0 Å². The summed E-state index contributed by atoms with van der Waals surface area (Å²) in [4.78, 5) is 12.6. The van der Waals surface area contributed by atoms with Crippen molar-refractivity contribution < 1.29 is 18.0 Å². The van der Waals surface area contributed by atoms with Gasteiger partial charge in [0.2, 0.25) is 5.91 Å². The van der Waals surface area contributed by atoms with Crippen molar-refractivity contribution in [1.82, 2.24) is 14.8 Å². The molecule has 2 aromatic carbocycles. The van der Waals surface area contributed by atoms with E-state index in [-0.39, 0.29) is 5.69 Å². The smallest absolute Gasteiger partial charge is 0.325 e. The molecule has 9 heteroatoms. The quantitative estimate of drug-likeness (QED) is 0.538. The van der Waals surface area contributed by atoms with E-state index < -0.39 is 22.9 Å². The Hall–Kier alpha value is -2.81. The van der Waals surface area contributed by atoms with Gasteiger partial charge in [-0.05, 0) is 44.0 Å². The topological polar surface area (TPSA) is 59.8 Å². The SMILES string of the molecule is CC(Sc1nnc(C2CC2)n1-c1ccccc1)C(=O)Nc1ccccc1C(F)(F)F. The lowest BCUT2D eigenvalue weighted by Gasteiger charge is -2.16. The van der Waals surface area contributed by atoms with Crippen molar-refractivity contribution >= 4 is 23.4 Å². The van der Waals surface area contributed by atoms with Gasteiger partial charge in [0.1, 0.15) is 5.82 Å². The van der Waals surface area contributed by atoms with Crippen LogP contribution in [0.2, 0.25) is 0 Å². The van der Waals surface area contributed by atoms with Crippen LogP contribution in [0.4, 0.5) is 18.9 Å². The summed E-state index contributed by atoms with van der Waals surface area (Å²) >= 11 is 1.17. The van der Waals surface area contributed by atoms with Crippen LogP contribution >= 0.6 is 11.8 Å². The molecule has 1 N–H and O–H groups in total. The number of amides is 1. The molecule has 1 fully saturated rings. The van der Waals surface area contributed by atoms with Crippen LogP contribution in [0.1, 0.15) is 37.1 Å². The number of hydrogen-bond donors (Lipinski definition) is 1. The summed E-state index contributed by atoms with van der Waals surface area (Å²) in [6, 6.07) is 14.5. The second kappa shape index (κ2) is 8.14. The van der Waals surface area contributed by atoms with E-state index in [2.05, 4.69) is 15.5 Å². The lowest BCUT2D eigenvalue weighted by atomic mass is 10.1. The summed E-state index contributed by atoms with van der Waals surface area (Å²) in [6.07, 6.45) is -2.47. The zero-order valence-corrected chi connectivity index (χ0v) is 16.9. The standard InChI is InChI=1S/C21H19F3N4OS/c1-13(19(29)25-17-10-6-5-9-16(17)21(22,23)24)30-20-27-26-18(14-11-12-14)28(20)15-7-3-2-4-8-15/h2-10,13-14H,11-12H2,1H3,(H,25,29). The molecule has 0 spiro atoms. The minimum Gasteiger partial charge on any atom is -0.325 e. The molecule has 0 bridgehead atoms. The van der Waals surface area contributed by atoms with Gasteiger partial charge in [-0.3, -0.25) is 9.36 Å². The van der Waals surface area contributed by atoms with E-state index in [9.17, 15) is 18.0 Å². The first-order chi connectivity index (χ1) is 14.3. The Balaban J connectivity index is 1.55. The van der Waals surface area contributed by atoms with Crippen molar-refractivity contribution in [1.29, 1.82) is 0 Å². The number of carbonyl (C=O) groups is 1. The Labute approximate surface area is 175 Å². The molecule has 1 heterocycles. The number of hydrogen-bond acceptors (Lipinski definition) is 4. The lowest BCUT2D eigenvalue weighted by Crippen LogP contribution is -2.24. The van der Waals surface area contributed by atoms with E-state index in [4.69, 9.17) is 0 Å². The monoisotopic (exact) mass is 432 g/mol. The second-order valence-corrected chi connectivity index (χ2v) is 8.39. The molecule has 1 saturated carbocycles. The zero-order valence-electron chi connectivity index (χ0n) is 16.1. The fourth-order valence-corrected chi connectivity index (χ4v) is 3.94. The molecule has 1 aliphatic rings. The average Bonchev–Trinajstić information content (AvgIpc) is 3.48. The summed E-state index contributed by atoms with van der Waals surface area (Å²) in [6.45, 7) is 1.64. The predicted octanol–water partition coefficient (Wildman–Crippen LogP) is 5.28. The third kappa shape index (κ3) is 4.35. The van der Waals surface area contributed by atoms with Crippen LogP contribution in [0.3, 0.4) is 0 Å². The molecule has 0 aliphatic heterocycles. The highest BCUT2D eigenvalue weighted by Crippen LogP contribution is 2.41. The number of thioether (sulfide) groups is 1. The number of carbonyl (C=O) groups excluding carboxylic acids is 1. The Morgan fingerprint density at radius 1 is 1.10 bits per heavy atom. The van der Waals surface area contributed by atoms with Crippen molar-refractivity contribution in [3.8, 4) is 5.69 Å². The minimum atomic E-state index is -4.55. The molecule has 1 amide bonds. The van der Waals surface area contributed by atoms with Gasteiger partial charge in [0.15, 0.2) is 5.16 Å². The summed E-state index contributed by atoms with van der Waals surface area (Å²) in [5.74, 6) is 0.654. The number of benzene rings is 2. The Bertz CT molecular complexity index is 1050. The van der Waals surface area contributed by atoms with Crippen molar-refractivity contribution in [3.63, 3.8) is 0 Å². The van der Waals surface area contributed by atoms with E-state index in [1.807, 2.05) is 34.9 Å². The molecule has 3 aromatic rings. The number of rotatable bonds is 6. The third-order valence-electron chi connectivity index (χ3n) is 4.76. The number of nitrogens with zero attached hydrogens (tertiary/aromatic N) is 3. The van der Waals surface area contributed by atoms with Gasteiger partial charge in [-0.1, -0.05) is 42.1 Å². The number of aromatic nitrogens is 3. The maximum atomic E-state index is 13.2. The fraction of sp³-hybridized carbons (Fsp3) is 0.286. The van der Waals surface area contributed by atoms with Crippen LogP contribution < -0.4 is 5.32 Å². The lowest BCUT2D eigenvalue weighted by molar-refractivity contribution is -0.137. The van der Waals surface area contributed by atoms with Crippen molar-refractivity contribution in [2.75, 3.05) is 5.32 Å². The first-order valence-electron chi connectivity index (χ1n) is 9.49. The van der Waals surface area contributed by atoms with E-state index in [1.54, 1.807) is 6.92 Å². The van der Waals surface area contributed by atoms with Crippen molar-refractivity contribution in [2.24, 2.45) is 0 Å². The summed E-state index contributed by atoms with van der Waals surface area (Å²) < 4.78 is 41.5. The summed E-state index contributed by atoms with van der Waals surface area (Å²) in [5, 5.41) is 10.8. The van der Waals surface area contributed by atoms with Crippen molar-refractivity contribution in [2.45, 2.75) is 42.3 Å². The highest BCUT2D eigenvalue weighted by molar-refractivity contribution is 8.00. The van der Waals surface area contributed by atoms with E-state index in [0.717, 1.165) is 30.4 Å². The Kier molecular flexibility index (Phi) is 5.55. The normalized spacial score (nSPS) is 15.1. The van der Waals surface area contributed by atoms with Gasteiger partial charge in [0, 0.05) is 11.6 Å². The molecule has 5 nitrogen and oxygen atoms in total. The number of para-hydroxylation sites is 2. The van der Waals surface area contributed by atoms with Crippen molar-refractivity contribution in [3.05, 3.63) is 66.0 Å². The van der Waals surface area contributed by atoms with Crippen LogP contribution in [-0.2, 0) is 11.0 Å². The van der Waals surface area contributed by atoms with Gasteiger partial charge in [-0.25, -0.2) is 0 Å². The number of anilines is 1. The van der Waals surface area contributed by atoms with Gasteiger partial charge < -0.3 is 5.32 Å². The largest absolute Gasteiger partial charge is 0.418 e. The predicted molar refractivity (Wildman–Crippen MR) is 109 cm³/mol. The molecule has 0 saturated heterocycles. The average molecular weight is 432 g/mol. The van der Waals surface area contributed by atoms with Crippen LogP contribution in [0.15, 0.2) is 59.8 Å². The molecule has 1 aliphatic carbocycles. The number of alkyl halides is 3. The molecular weight excluding hydrogens is 413 g/mol. The number of halogens is 3. The summed E-state index contributed by atoms with van der Waals surface area (Å²) in [7, 11) is 0. The van der Waals surface area contributed by atoms with Crippen LogP contribution in [0, 0.1) is 0 Å². The molecule has 0 radical (unpaired) electrons. The van der Waals surface area contributed by atoms with Gasteiger partial charge in [0.05, 0.1) is 16.5 Å². The molecule has 1 atom stereocenters. The van der Waals surface area contributed by atoms with E-state index in [1.165, 1.54) is 30.0 Å². The second-order valence-electron chi connectivity index (χ2n) is 7.08. The van der Waals surface area contributed by atoms with E-state index >= 15 is 0 Å². The maximum absolute atomic E-state index is 13.2. The molecule has 156 valence electrons. The highest BCUT2D eigenvalue weighted by atomic mass is 32.2. The first-order valence-corrected chi connectivity index (χ1v) is 10.4.